The highest BCUT2D eigenvalue weighted by molar-refractivity contribution is 6.08. The molecule has 0 saturated heterocycles. The molecular formula is C29H30N2O3. The van der Waals surface area contributed by atoms with Crippen molar-refractivity contribution in [2.24, 2.45) is 0 Å². The monoisotopic (exact) mass is 454 g/mol. The third kappa shape index (κ3) is 5.68. The lowest BCUT2D eigenvalue weighted by Gasteiger charge is -2.12. The fourth-order valence-corrected chi connectivity index (χ4v) is 3.87. The molecule has 3 aromatic carbocycles. The molecule has 4 rings (SSSR count). The minimum Gasteiger partial charge on any atom is -0.382 e. The summed E-state index contributed by atoms with van der Waals surface area (Å²) in [6, 6.07) is 23.7. The Bertz CT molecular complexity index is 1290. The van der Waals surface area contributed by atoms with Crippen LogP contribution in [0, 0.1) is 6.92 Å². The van der Waals surface area contributed by atoms with Gasteiger partial charge < -0.3 is 14.0 Å². The molecular weight excluding hydrogens is 424 g/mol. The second-order valence-electron chi connectivity index (χ2n) is 8.45. The van der Waals surface area contributed by atoms with E-state index in [1.807, 2.05) is 73.0 Å². The van der Waals surface area contributed by atoms with Gasteiger partial charge in [0.25, 0.3) is 0 Å². The number of carbonyl (C=O) groups is 1. The van der Waals surface area contributed by atoms with Crippen LogP contribution < -0.4 is 0 Å². The number of fused-ring (bicyclic) bond motifs is 1. The van der Waals surface area contributed by atoms with E-state index in [9.17, 15) is 4.79 Å². The minimum atomic E-state index is -0.0751. The van der Waals surface area contributed by atoms with Gasteiger partial charge in [0.05, 0.1) is 30.4 Å². The van der Waals surface area contributed by atoms with Crippen molar-refractivity contribution in [1.82, 2.24) is 9.55 Å². The molecule has 0 spiro atoms. The normalized spacial score (nSPS) is 12.4. The molecule has 0 aliphatic rings. The van der Waals surface area contributed by atoms with E-state index in [-0.39, 0.29) is 11.9 Å². The van der Waals surface area contributed by atoms with E-state index in [1.165, 1.54) is 0 Å². The molecule has 0 fully saturated rings. The van der Waals surface area contributed by atoms with Crippen LogP contribution in [-0.2, 0) is 22.6 Å². The van der Waals surface area contributed by atoms with Gasteiger partial charge in [-0.05, 0) is 43.2 Å². The first kappa shape index (κ1) is 23.6. The Labute approximate surface area is 200 Å². The van der Waals surface area contributed by atoms with Gasteiger partial charge in [0.2, 0.25) is 5.78 Å². The summed E-state index contributed by atoms with van der Waals surface area (Å²) in [5.74, 6) is 0.373. The fourth-order valence-electron chi connectivity index (χ4n) is 3.87. The summed E-state index contributed by atoms with van der Waals surface area (Å²) in [5.41, 5.74) is 5.70. The van der Waals surface area contributed by atoms with Crippen molar-refractivity contribution in [3.63, 3.8) is 0 Å². The maximum Gasteiger partial charge on any atom is 0.228 e. The standard InChI is InChI=1S/C29H30N2O3/c1-21-13-15-25(16-14-21)28(32)29-30-26-11-4-5-12-27(26)31(29)17-7-10-23-8-6-9-24(18-23)20-34-22(2)19-33-3/h4-16,18,22H,17,19-20H2,1-3H3/b10-7+/t22-/m1/s1. The molecule has 5 nitrogen and oxygen atoms in total. The molecule has 5 heteroatoms. The highest BCUT2D eigenvalue weighted by atomic mass is 16.5. The van der Waals surface area contributed by atoms with E-state index in [0.29, 0.717) is 31.1 Å². The number of imidazole rings is 1. The number of carbonyl (C=O) groups excluding carboxylic acids is 1. The summed E-state index contributed by atoms with van der Waals surface area (Å²) in [7, 11) is 1.68. The molecule has 0 amide bonds. The zero-order chi connectivity index (χ0) is 23.9. The number of hydrogen-bond acceptors (Lipinski definition) is 4. The van der Waals surface area contributed by atoms with Crippen molar-refractivity contribution in [2.45, 2.75) is 33.1 Å². The maximum atomic E-state index is 13.3. The number of methoxy groups -OCH3 is 1. The number of aryl methyl sites for hydroxylation is 1. The summed E-state index contributed by atoms with van der Waals surface area (Å²) in [5, 5.41) is 0. The molecule has 1 atom stereocenters. The summed E-state index contributed by atoms with van der Waals surface area (Å²) >= 11 is 0. The average Bonchev–Trinajstić information content (AvgIpc) is 3.22. The number of para-hydroxylation sites is 2. The molecule has 34 heavy (non-hydrogen) atoms. The lowest BCUT2D eigenvalue weighted by molar-refractivity contribution is -0.000129. The second kappa shape index (κ2) is 11.1. The van der Waals surface area contributed by atoms with Crippen LogP contribution in [0.5, 0.6) is 0 Å². The zero-order valence-electron chi connectivity index (χ0n) is 19.9. The highest BCUT2D eigenvalue weighted by Crippen LogP contribution is 2.20. The molecule has 1 aromatic heterocycles. The van der Waals surface area contributed by atoms with Gasteiger partial charge in [-0.2, -0.15) is 0 Å². The molecule has 4 aromatic rings. The predicted molar refractivity (Wildman–Crippen MR) is 136 cm³/mol. The highest BCUT2D eigenvalue weighted by Gasteiger charge is 2.18. The third-order valence-corrected chi connectivity index (χ3v) is 5.66. The van der Waals surface area contributed by atoms with Crippen LogP contribution in [0.25, 0.3) is 17.1 Å². The molecule has 174 valence electrons. The number of ether oxygens (including phenoxy) is 2. The van der Waals surface area contributed by atoms with E-state index < -0.39 is 0 Å². The van der Waals surface area contributed by atoms with Gasteiger partial charge >= 0.3 is 0 Å². The van der Waals surface area contributed by atoms with Gasteiger partial charge in [0.15, 0.2) is 5.82 Å². The Balaban J connectivity index is 1.54. The van der Waals surface area contributed by atoms with E-state index in [1.54, 1.807) is 7.11 Å². The van der Waals surface area contributed by atoms with Gasteiger partial charge in [-0.3, -0.25) is 4.79 Å². The van der Waals surface area contributed by atoms with Gasteiger partial charge in [0.1, 0.15) is 0 Å². The molecule has 0 unspecified atom stereocenters. The van der Waals surface area contributed by atoms with Crippen LogP contribution in [0.1, 0.15) is 39.8 Å². The zero-order valence-corrected chi connectivity index (χ0v) is 19.9. The molecule has 0 aliphatic carbocycles. The van der Waals surface area contributed by atoms with Gasteiger partial charge in [-0.1, -0.05) is 72.3 Å². The lowest BCUT2D eigenvalue weighted by atomic mass is 10.1. The molecule has 0 bridgehead atoms. The Kier molecular flexibility index (Phi) is 7.68. The Hall–Kier alpha value is -3.54. The summed E-state index contributed by atoms with van der Waals surface area (Å²) < 4.78 is 12.9. The quantitative estimate of drug-likeness (QED) is 0.283. The Morgan fingerprint density at radius 3 is 2.65 bits per heavy atom. The number of allylic oxidation sites excluding steroid dienone is 1. The van der Waals surface area contributed by atoms with Crippen LogP contribution >= 0.6 is 0 Å². The van der Waals surface area contributed by atoms with Gasteiger partial charge in [-0.15, -0.1) is 0 Å². The van der Waals surface area contributed by atoms with Crippen molar-refractivity contribution >= 4 is 22.9 Å². The van der Waals surface area contributed by atoms with Crippen LogP contribution in [0.4, 0.5) is 0 Å². The third-order valence-electron chi connectivity index (χ3n) is 5.66. The first-order valence-electron chi connectivity index (χ1n) is 11.5. The molecule has 0 aliphatic heterocycles. The van der Waals surface area contributed by atoms with Gasteiger partial charge in [0, 0.05) is 19.2 Å². The predicted octanol–water partition coefficient (Wildman–Crippen LogP) is 5.84. The van der Waals surface area contributed by atoms with Crippen molar-refractivity contribution in [3.8, 4) is 0 Å². The van der Waals surface area contributed by atoms with E-state index in [4.69, 9.17) is 9.47 Å². The number of rotatable bonds is 10. The number of hydrogen-bond donors (Lipinski definition) is 0. The fraction of sp³-hybridized carbons (Fsp3) is 0.241. The number of nitrogens with zero attached hydrogens (tertiary/aromatic N) is 2. The van der Waals surface area contributed by atoms with Crippen LogP contribution in [0.2, 0.25) is 0 Å². The van der Waals surface area contributed by atoms with Gasteiger partial charge in [-0.25, -0.2) is 4.98 Å². The molecule has 0 saturated carbocycles. The van der Waals surface area contributed by atoms with Crippen molar-refractivity contribution < 1.29 is 14.3 Å². The Morgan fingerprint density at radius 2 is 1.85 bits per heavy atom. The van der Waals surface area contributed by atoms with Crippen molar-refractivity contribution in [2.75, 3.05) is 13.7 Å². The molecule has 1 heterocycles. The van der Waals surface area contributed by atoms with Crippen LogP contribution in [0.3, 0.4) is 0 Å². The van der Waals surface area contributed by atoms with E-state index in [2.05, 4.69) is 35.3 Å². The molecule has 0 radical (unpaired) electrons. The second-order valence-corrected chi connectivity index (χ2v) is 8.45. The largest absolute Gasteiger partial charge is 0.382 e. The smallest absolute Gasteiger partial charge is 0.228 e. The van der Waals surface area contributed by atoms with Crippen molar-refractivity contribution in [1.29, 1.82) is 0 Å². The Morgan fingerprint density at radius 1 is 1.06 bits per heavy atom. The van der Waals surface area contributed by atoms with Crippen molar-refractivity contribution in [3.05, 3.63) is 107 Å². The topological polar surface area (TPSA) is 53.4 Å². The summed E-state index contributed by atoms with van der Waals surface area (Å²) in [6.07, 6.45) is 4.17. The molecule has 0 N–H and O–H groups in total. The van der Waals surface area contributed by atoms with E-state index >= 15 is 0 Å². The average molecular weight is 455 g/mol. The summed E-state index contributed by atoms with van der Waals surface area (Å²) in [6.45, 7) is 5.66. The van der Waals surface area contributed by atoms with Crippen LogP contribution in [0.15, 0.2) is 78.9 Å². The first-order chi connectivity index (χ1) is 16.5. The summed E-state index contributed by atoms with van der Waals surface area (Å²) in [4.78, 5) is 17.9. The maximum absolute atomic E-state index is 13.3. The lowest BCUT2D eigenvalue weighted by Crippen LogP contribution is -2.14. The minimum absolute atomic E-state index is 0.0446. The number of aromatic nitrogens is 2. The van der Waals surface area contributed by atoms with Crippen LogP contribution in [-0.4, -0.2) is 35.2 Å². The van der Waals surface area contributed by atoms with E-state index in [0.717, 1.165) is 27.7 Å². The SMILES string of the molecule is COC[C@@H](C)OCc1cccc(/C=C/Cn2c(C(=O)c3ccc(C)cc3)nc3ccccc32)c1. The number of ketones is 1. The number of benzene rings is 3. The first-order valence-corrected chi connectivity index (χ1v) is 11.5.